The normalized spacial score (nSPS) is 14.0. The second-order valence-electron chi connectivity index (χ2n) is 9.58. The van der Waals surface area contributed by atoms with Crippen molar-refractivity contribution in [2.45, 2.75) is 11.8 Å². The third kappa shape index (κ3) is 5.99. The fourth-order valence-electron chi connectivity index (χ4n) is 4.61. The number of nitrogens with one attached hydrogen (secondary N) is 1. The van der Waals surface area contributed by atoms with E-state index in [0.717, 1.165) is 12.1 Å². The lowest BCUT2D eigenvalue weighted by atomic mass is 10.2. The molecule has 0 spiro atoms. The average Bonchev–Trinajstić information content (AvgIpc) is 3.32. The number of hydrogen-bond acceptors (Lipinski definition) is 10. The Hall–Kier alpha value is -4.99. The molecule has 13 nitrogen and oxygen atoms in total. The Morgan fingerprint density at radius 2 is 1.79 bits per heavy atom. The van der Waals surface area contributed by atoms with Crippen molar-refractivity contribution in [3.63, 3.8) is 0 Å². The molecule has 3 aromatic heterocycles. The number of carbonyl (C=O) groups is 2. The first-order chi connectivity index (χ1) is 20.5. The van der Waals surface area contributed by atoms with Gasteiger partial charge in [-0.1, -0.05) is 0 Å². The second kappa shape index (κ2) is 11.7. The summed E-state index contributed by atoms with van der Waals surface area (Å²) >= 11 is 0. The lowest BCUT2D eigenvalue weighted by Crippen LogP contribution is -2.48. The van der Waals surface area contributed by atoms with Crippen molar-refractivity contribution < 1.29 is 31.5 Å². The molecule has 0 unspecified atom stereocenters. The van der Waals surface area contributed by atoms with Crippen LogP contribution in [-0.2, 0) is 26.7 Å². The Kier molecular flexibility index (Phi) is 8.04. The number of amides is 1. The summed E-state index contributed by atoms with van der Waals surface area (Å²) in [4.78, 5) is 44.1. The molecule has 1 amide bonds. The molecule has 224 valence electrons. The number of aromatic nitrogens is 5. The Labute approximate surface area is 244 Å². The van der Waals surface area contributed by atoms with Crippen molar-refractivity contribution in [3.05, 3.63) is 60.6 Å². The van der Waals surface area contributed by atoms with E-state index in [4.69, 9.17) is 9.72 Å². The fourth-order valence-corrected chi connectivity index (χ4v) is 5.72. The van der Waals surface area contributed by atoms with Crippen molar-refractivity contribution in [1.29, 1.82) is 0 Å². The summed E-state index contributed by atoms with van der Waals surface area (Å²) < 4.78 is 62.7. The molecule has 1 fully saturated rings. The minimum Gasteiger partial charge on any atom is -0.480 e. The first kappa shape index (κ1) is 29.5. The molecule has 16 heteroatoms. The number of piperazine rings is 1. The third-order valence-electron chi connectivity index (χ3n) is 6.72. The SMILES string of the molecule is COc1ncc(-c2nc3c(N4CCN(C(=O)/C=C/C(C)=O)CC4)ncnc3n2C)cc1NS(=O)(=O)c1ccc(F)cc1F. The summed E-state index contributed by atoms with van der Waals surface area (Å²) in [5, 5.41) is 0. The third-order valence-corrected chi connectivity index (χ3v) is 8.12. The molecule has 0 atom stereocenters. The van der Waals surface area contributed by atoms with E-state index in [2.05, 4.69) is 19.7 Å². The number of hydrogen-bond donors (Lipinski definition) is 1. The van der Waals surface area contributed by atoms with Crippen molar-refractivity contribution >= 4 is 44.4 Å². The molecule has 1 aromatic carbocycles. The van der Waals surface area contributed by atoms with Gasteiger partial charge < -0.3 is 19.1 Å². The van der Waals surface area contributed by atoms with Gasteiger partial charge >= 0.3 is 0 Å². The van der Waals surface area contributed by atoms with Gasteiger partial charge in [-0.15, -0.1) is 0 Å². The maximum Gasteiger partial charge on any atom is 0.264 e. The molecule has 1 aliphatic heterocycles. The van der Waals surface area contributed by atoms with E-state index in [1.165, 1.54) is 44.8 Å². The largest absolute Gasteiger partial charge is 0.480 e. The maximum absolute atomic E-state index is 14.3. The van der Waals surface area contributed by atoms with Crippen LogP contribution in [0.3, 0.4) is 0 Å². The van der Waals surface area contributed by atoms with Crippen LogP contribution in [0, 0.1) is 11.6 Å². The van der Waals surface area contributed by atoms with Gasteiger partial charge in [0.25, 0.3) is 10.0 Å². The quantitative estimate of drug-likeness (QED) is 0.294. The minimum atomic E-state index is -4.48. The highest BCUT2D eigenvalue weighted by atomic mass is 32.2. The molecule has 0 bridgehead atoms. The summed E-state index contributed by atoms with van der Waals surface area (Å²) in [5.74, 6) is -1.78. The summed E-state index contributed by atoms with van der Waals surface area (Å²) in [7, 11) is -1.47. The summed E-state index contributed by atoms with van der Waals surface area (Å²) in [5.41, 5.74) is 1.26. The predicted octanol–water partition coefficient (Wildman–Crippen LogP) is 2.31. The number of allylic oxidation sites excluding steroid dienone is 1. The number of ketones is 1. The fraction of sp³-hybridized carbons (Fsp3) is 0.259. The van der Waals surface area contributed by atoms with Crippen LogP contribution in [0.15, 0.2) is 53.8 Å². The summed E-state index contributed by atoms with van der Waals surface area (Å²) in [6.45, 7) is 3.13. The van der Waals surface area contributed by atoms with Crippen LogP contribution in [0.2, 0.25) is 0 Å². The highest BCUT2D eigenvalue weighted by Gasteiger charge is 2.26. The number of rotatable bonds is 8. The van der Waals surface area contributed by atoms with E-state index < -0.39 is 26.6 Å². The van der Waals surface area contributed by atoms with Crippen LogP contribution < -0.4 is 14.4 Å². The molecule has 43 heavy (non-hydrogen) atoms. The first-order valence-electron chi connectivity index (χ1n) is 12.9. The van der Waals surface area contributed by atoms with Crippen LogP contribution in [-0.4, -0.2) is 82.8 Å². The van der Waals surface area contributed by atoms with E-state index >= 15 is 0 Å². The molecule has 4 aromatic rings. The van der Waals surface area contributed by atoms with Crippen molar-refractivity contribution in [2.24, 2.45) is 7.05 Å². The second-order valence-corrected chi connectivity index (χ2v) is 11.2. The highest BCUT2D eigenvalue weighted by molar-refractivity contribution is 7.92. The molecule has 0 radical (unpaired) electrons. The van der Waals surface area contributed by atoms with E-state index in [1.807, 2.05) is 4.90 Å². The average molecular weight is 613 g/mol. The number of imidazole rings is 1. The van der Waals surface area contributed by atoms with Gasteiger partial charge in [0.2, 0.25) is 11.8 Å². The predicted molar refractivity (Wildman–Crippen MR) is 152 cm³/mol. The van der Waals surface area contributed by atoms with Crippen LogP contribution in [0.25, 0.3) is 22.6 Å². The monoisotopic (exact) mass is 612 g/mol. The van der Waals surface area contributed by atoms with E-state index in [1.54, 1.807) is 16.5 Å². The lowest BCUT2D eigenvalue weighted by Gasteiger charge is -2.34. The highest BCUT2D eigenvalue weighted by Crippen LogP contribution is 2.33. The number of methoxy groups -OCH3 is 1. The summed E-state index contributed by atoms with van der Waals surface area (Å²) in [6.07, 6.45) is 5.34. The van der Waals surface area contributed by atoms with Gasteiger partial charge in [0.15, 0.2) is 22.8 Å². The van der Waals surface area contributed by atoms with E-state index in [-0.39, 0.29) is 23.3 Å². The standard InChI is InChI=1S/C27H26F2N8O5S/c1-16(38)4-7-22(39)36-8-10-37(11-9-36)26-23-25(31-15-32-26)35(2)24(33-23)17-12-20(27(42-3)30-14-17)34-43(40,41)21-6-5-18(28)13-19(21)29/h4-7,12-15,34H,8-11H2,1-3H3/b7-4+. The minimum absolute atomic E-state index is 0.0837. The molecule has 1 N–H and O–H groups in total. The topological polar surface area (TPSA) is 153 Å². The van der Waals surface area contributed by atoms with Gasteiger partial charge in [0.05, 0.1) is 7.11 Å². The Morgan fingerprint density at radius 3 is 2.47 bits per heavy atom. The van der Waals surface area contributed by atoms with Gasteiger partial charge in [-0.05, 0) is 31.2 Å². The molecule has 4 heterocycles. The van der Waals surface area contributed by atoms with Gasteiger partial charge in [0.1, 0.15) is 34.4 Å². The Balaban J connectivity index is 1.45. The Bertz CT molecular complexity index is 1870. The molecular weight excluding hydrogens is 586 g/mol. The van der Waals surface area contributed by atoms with Gasteiger partial charge in [-0.3, -0.25) is 14.3 Å². The number of aryl methyl sites for hydroxylation is 1. The molecule has 0 saturated carbocycles. The number of benzene rings is 1. The van der Waals surface area contributed by atoms with Crippen LogP contribution >= 0.6 is 0 Å². The zero-order chi connectivity index (χ0) is 30.9. The molecule has 5 rings (SSSR count). The van der Waals surface area contributed by atoms with Crippen molar-refractivity contribution in [2.75, 3.05) is 42.9 Å². The number of fused-ring (bicyclic) bond motifs is 1. The van der Waals surface area contributed by atoms with Crippen molar-refractivity contribution in [3.8, 4) is 17.3 Å². The molecule has 0 aliphatic carbocycles. The maximum atomic E-state index is 14.3. The number of pyridine rings is 1. The van der Waals surface area contributed by atoms with E-state index in [0.29, 0.717) is 60.6 Å². The molecular formula is C27H26F2N8O5S. The number of ether oxygens (including phenoxy) is 1. The van der Waals surface area contributed by atoms with Crippen molar-refractivity contribution in [1.82, 2.24) is 29.4 Å². The number of halogens is 2. The van der Waals surface area contributed by atoms with Crippen LogP contribution in [0.1, 0.15) is 6.92 Å². The zero-order valence-electron chi connectivity index (χ0n) is 23.3. The van der Waals surface area contributed by atoms with Crippen LogP contribution in [0.5, 0.6) is 5.88 Å². The number of anilines is 2. The zero-order valence-corrected chi connectivity index (χ0v) is 24.1. The molecule has 1 saturated heterocycles. The number of nitrogens with zero attached hydrogens (tertiary/aromatic N) is 7. The van der Waals surface area contributed by atoms with E-state index in [9.17, 15) is 26.8 Å². The summed E-state index contributed by atoms with van der Waals surface area (Å²) in [6, 6.07) is 3.56. The number of carbonyl (C=O) groups excluding carboxylic acids is 2. The smallest absolute Gasteiger partial charge is 0.264 e. The van der Waals surface area contributed by atoms with Crippen LogP contribution in [0.4, 0.5) is 20.3 Å². The first-order valence-corrected chi connectivity index (χ1v) is 14.4. The van der Waals surface area contributed by atoms with Gasteiger partial charge in [-0.25, -0.2) is 37.1 Å². The Morgan fingerprint density at radius 1 is 1.05 bits per heavy atom. The van der Waals surface area contributed by atoms with Gasteiger partial charge in [0, 0.05) is 57.1 Å². The van der Waals surface area contributed by atoms with Gasteiger partial charge in [-0.2, -0.15) is 0 Å². The molecule has 1 aliphatic rings. The lowest BCUT2D eigenvalue weighted by molar-refractivity contribution is -0.126. The number of sulfonamides is 1.